The SMILES string of the molecule is Cc1cc2ncc3c(n2n1)CCN(C(=O)c1cccc2ccccc12)C3. The van der Waals surface area contributed by atoms with Crippen LogP contribution in [0.5, 0.6) is 0 Å². The van der Waals surface area contributed by atoms with Gasteiger partial charge in [0, 0.05) is 42.9 Å². The number of carbonyl (C=O) groups is 1. The lowest BCUT2D eigenvalue weighted by molar-refractivity contribution is 0.0734. The van der Waals surface area contributed by atoms with Crippen LogP contribution in [0.2, 0.25) is 0 Å². The molecule has 2 aromatic heterocycles. The van der Waals surface area contributed by atoms with Crippen LogP contribution in [-0.2, 0) is 13.0 Å². The first-order chi connectivity index (χ1) is 12.7. The minimum absolute atomic E-state index is 0.0733. The Morgan fingerprint density at radius 2 is 1.96 bits per heavy atom. The van der Waals surface area contributed by atoms with E-state index in [9.17, 15) is 4.79 Å². The number of hydrogen-bond donors (Lipinski definition) is 0. The third-order valence-corrected chi connectivity index (χ3v) is 5.08. The number of amides is 1. The first-order valence-corrected chi connectivity index (χ1v) is 8.81. The molecule has 0 N–H and O–H groups in total. The van der Waals surface area contributed by atoms with Gasteiger partial charge in [0.05, 0.1) is 11.4 Å². The predicted molar refractivity (Wildman–Crippen MR) is 100 cm³/mol. The number of carbonyl (C=O) groups excluding carboxylic acids is 1. The van der Waals surface area contributed by atoms with Crippen molar-refractivity contribution in [1.82, 2.24) is 19.5 Å². The summed E-state index contributed by atoms with van der Waals surface area (Å²) in [5.41, 5.74) is 4.82. The molecule has 1 aliphatic rings. The van der Waals surface area contributed by atoms with E-state index in [-0.39, 0.29) is 5.91 Å². The van der Waals surface area contributed by atoms with E-state index in [0.29, 0.717) is 13.1 Å². The van der Waals surface area contributed by atoms with Gasteiger partial charge in [-0.15, -0.1) is 0 Å². The third-order valence-electron chi connectivity index (χ3n) is 5.08. The lowest BCUT2D eigenvalue weighted by Crippen LogP contribution is -2.37. The number of aromatic nitrogens is 3. The first kappa shape index (κ1) is 15.1. The maximum absolute atomic E-state index is 13.2. The number of rotatable bonds is 1. The van der Waals surface area contributed by atoms with Crippen LogP contribution in [0.1, 0.15) is 27.3 Å². The highest BCUT2D eigenvalue weighted by Crippen LogP contribution is 2.24. The van der Waals surface area contributed by atoms with E-state index in [1.807, 2.05) is 71.1 Å². The fourth-order valence-corrected chi connectivity index (χ4v) is 3.81. The van der Waals surface area contributed by atoms with E-state index >= 15 is 0 Å². The summed E-state index contributed by atoms with van der Waals surface area (Å²) in [6, 6.07) is 15.9. The molecule has 0 atom stereocenters. The lowest BCUT2D eigenvalue weighted by atomic mass is 10.0. The Balaban J connectivity index is 1.52. The first-order valence-electron chi connectivity index (χ1n) is 8.81. The highest BCUT2D eigenvalue weighted by molar-refractivity contribution is 6.07. The van der Waals surface area contributed by atoms with E-state index < -0.39 is 0 Å². The molecule has 5 heteroatoms. The van der Waals surface area contributed by atoms with Crippen LogP contribution in [0, 0.1) is 6.92 Å². The molecule has 2 aromatic carbocycles. The molecular weight excluding hydrogens is 324 g/mol. The van der Waals surface area contributed by atoms with Gasteiger partial charge in [-0.1, -0.05) is 36.4 Å². The van der Waals surface area contributed by atoms with E-state index in [2.05, 4.69) is 10.1 Å². The Bertz CT molecular complexity index is 1160. The standard InChI is InChI=1S/C21H18N4O/c1-14-11-20-22-12-16-13-24(10-9-19(16)25(20)23-14)21(26)18-8-4-6-15-5-2-3-7-17(15)18/h2-8,11-12H,9-10,13H2,1H3. The van der Waals surface area contributed by atoms with Gasteiger partial charge in [-0.25, -0.2) is 9.50 Å². The van der Waals surface area contributed by atoms with Crippen molar-refractivity contribution in [2.75, 3.05) is 6.54 Å². The second-order valence-electron chi connectivity index (χ2n) is 6.79. The highest BCUT2D eigenvalue weighted by Gasteiger charge is 2.25. The van der Waals surface area contributed by atoms with Gasteiger partial charge >= 0.3 is 0 Å². The molecular formula is C21H18N4O. The number of benzene rings is 2. The topological polar surface area (TPSA) is 50.5 Å². The van der Waals surface area contributed by atoms with E-state index in [1.165, 1.54) is 0 Å². The fraction of sp³-hybridized carbons (Fsp3) is 0.190. The van der Waals surface area contributed by atoms with E-state index in [4.69, 9.17) is 0 Å². The molecule has 1 aliphatic heterocycles. The summed E-state index contributed by atoms with van der Waals surface area (Å²) >= 11 is 0. The van der Waals surface area contributed by atoms with Gasteiger partial charge in [-0.3, -0.25) is 4.79 Å². The molecule has 5 nitrogen and oxygen atoms in total. The zero-order valence-electron chi connectivity index (χ0n) is 14.5. The summed E-state index contributed by atoms with van der Waals surface area (Å²) in [6.07, 6.45) is 2.67. The Hall–Kier alpha value is -3.21. The zero-order chi connectivity index (χ0) is 17.7. The summed E-state index contributed by atoms with van der Waals surface area (Å²) in [5.74, 6) is 0.0733. The van der Waals surface area contributed by atoms with Crippen LogP contribution in [0.3, 0.4) is 0 Å². The van der Waals surface area contributed by atoms with Gasteiger partial charge < -0.3 is 4.90 Å². The smallest absolute Gasteiger partial charge is 0.254 e. The van der Waals surface area contributed by atoms with Crippen molar-refractivity contribution >= 4 is 22.3 Å². The maximum atomic E-state index is 13.2. The second-order valence-corrected chi connectivity index (χ2v) is 6.79. The molecule has 0 saturated heterocycles. The summed E-state index contributed by atoms with van der Waals surface area (Å²) in [4.78, 5) is 19.6. The van der Waals surface area contributed by atoms with Crippen molar-refractivity contribution in [3.63, 3.8) is 0 Å². The van der Waals surface area contributed by atoms with Crippen LogP contribution in [0.4, 0.5) is 0 Å². The Morgan fingerprint density at radius 3 is 2.88 bits per heavy atom. The molecule has 0 spiro atoms. The number of nitrogens with zero attached hydrogens (tertiary/aromatic N) is 4. The van der Waals surface area contributed by atoms with Gasteiger partial charge in [-0.2, -0.15) is 5.10 Å². The highest BCUT2D eigenvalue weighted by atomic mass is 16.2. The van der Waals surface area contributed by atoms with Gasteiger partial charge in [0.15, 0.2) is 5.65 Å². The lowest BCUT2D eigenvalue weighted by Gasteiger charge is -2.29. The minimum Gasteiger partial charge on any atom is -0.334 e. The summed E-state index contributed by atoms with van der Waals surface area (Å²) in [6.45, 7) is 3.23. The van der Waals surface area contributed by atoms with Crippen molar-refractivity contribution in [3.8, 4) is 0 Å². The molecule has 1 amide bonds. The molecule has 0 bridgehead atoms. The molecule has 0 radical (unpaired) electrons. The molecule has 0 saturated carbocycles. The molecule has 0 unspecified atom stereocenters. The number of hydrogen-bond acceptors (Lipinski definition) is 3. The van der Waals surface area contributed by atoms with Crippen LogP contribution < -0.4 is 0 Å². The molecule has 4 aromatic rings. The number of aryl methyl sites for hydroxylation is 1. The molecule has 0 aliphatic carbocycles. The van der Waals surface area contributed by atoms with E-state index in [1.54, 1.807) is 0 Å². The quantitative estimate of drug-likeness (QED) is 0.533. The van der Waals surface area contributed by atoms with Gasteiger partial charge in [0.1, 0.15) is 0 Å². The molecule has 0 fully saturated rings. The Morgan fingerprint density at radius 1 is 1.12 bits per heavy atom. The molecule has 128 valence electrons. The minimum atomic E-state index is 0.0733. The maximum Gasteiger partial charge on any atom is 0.254 e. The normalized spacial score (nSPS) is 14.0. The van der Waals surface area contributed by atoms with Crippen LogP contribution in [0.15, 0.2) is 54.7 Å². The average Bonchev–Trinajstić information content (AvgIpc) is 3.07. The van der Waals surface area contributed by atoms with Crippen LogP contribution in [0.25, 0.3) is 16.4 Å². The van der Waals surface area contributed by atoms with E-state index in [0.717, 1.165) is 45.4 Å². The molecule has 3 heterocycles. The number of fused-ring (bicyclic) bond motifs is 4. The van der Waals surface area contributed by atoms with Crippen LogP contribution in [-0.4, -0.2) is 31.9 Å². The zero-order valence-corrected chi connectivity index (χ0v) is 14.5. The Kier molecular flexibility index (Phi) is 3.28. The van der Waals surface area contributed by atoms with Crippen molar-refractivity contribution in [2.24, 2.45) is 0 Å². The summed E-state index contributed by atoms with van der Waals surface area (Å²) < 4.78 is 1.92. The summed E-state index contributed by atoms with van der Waals surface area (Å²) in [7, 11) is 0. The third kappa shape index (κ3) is 2.28. The fourth-order valence-electron chi connectivity index (χ4n) is 3.81. The van der Waals surface area contributed by atoms with Gasteiger partial charge in [-0.05, 0) is 23.8 Å². The molecule has 5 rings (SSSR count). The average molecular weight is 342 g/mol. The largest absolute Gasteiger partial charge is 0.334 e. The van der Waals surface area contributed by atoms with Crippen molar-refractivity contribution in [1.29, 1.82) is 0 Å². The van der Waals surface area contributed by atoms with Crippen molar-refractivity contribution < 1.29 is 4.79 Å². The van der Waals surface area contributed by atoms with Crippen molar-refractivity contribution in [3.05, 3.63) is 77.2 Å². The van der Waals surface area contributed by atoms with Crippen LogP contribution >= 0.6 is 0 Å². The summed E-state index contributed by atoms with van der Waals surface area (Å²) in [5, 5.41) is 6.64. The second kappa shape index (κ2) is 5.66. The van der Waals surface area contributed by atoms with Crippen molar-refractivity contribution in [2.45, 2.75) is 19.9 Å². The monoisotopic (exact) mass is 342 g/mol. The Labute approximate surface area is 150 Å². The predicted octanol–water partition coefficient (Wildman–Crippen LogP) is 3.39. The van der Waals surface area contributed by atoms with Gasteiger partial charge in [0.2, 0.25) is 0 Å². The molecule has 26 heavy (non-hydrogen) atoms. The van der Waals surface area contributed by atoms with Gasteiger partial charge in [0.25, 0.3) is 5.91 Å².